The minimum atomic E-state index is 0.513. The van der Waals surface area contributed by atoms with Crippen molar-refractivity contribution in [3.63, 3.8) is 0 Å². The lowest BCUT2D eigenvalue weighted by molar-refractivity contribution is 0.366. The molecule has 15 heavy (non-hydrogen) atoms. The zero-order chi connectivity index (χ0) is 10.9. The van der Waals surface area contributed by atoms with Gasteiger partial charge < -0.3 is 9.88 Å². The number of aryl methyl sites for hydroxylation is 1. The van der Waals surface area contributed by atoms with Crippen molar-refractivity contribution < 1.29 is 0 Å². The van der Waals surface area contributed by atoms with Gasteiger partial charge in [-0.2, -0.15) is 0 Å². The zero-order valence-electron chi connectivity index (χ0n) is 9.95. The molecule has 1 aromatic rings. The van der Waals surface area contributed by atoms with E-state index < -0.39 is 0 Å². The highest BCUT2D eigenvalue weighted by Crippen LogP contribution is 2.48. The molecule has 1 aliphatic carbocycles. The van der Waals surface area contributed by atoms with Crippen LogP contribution in [0.5, 0.6) is 0 Å². The van der Waals surface area contributed by atoms with Crippen molar-refractivity contribution in [1.82, 2.24) is 14.9 Å². The van der Waals surface area contributed by atoms with Crippen LogP contribution < -0.4 is 5.32 Å². The molecule has 1 saturated carbocycles. The highest BCUT2D eigenvalue weighted by Gasteiger charge is 2.44. The van der Waals surface area contributed by atoms with Crippen LogP contribution in [0.2, 0.25) is 0 Å². The van der Waals surface area contributed by atoms with Crippen LogP contribution in [-0.4, -0.2) is 22.6 Å². The number of hydrogen-bond donors (Lipinski definition) is 1. The molecule has 2 rings (SSSR count). The van der Waals surface area contributed by atoms with Crippen molar-refractivity contribution in [2.45, 2.75) is 45.7 Å². The third-order valence-corrected chi connectivity index (χ3v) is 3.76. The molecule has 1 fully saturated rings. The Kier molecular flexibility index (Phi) is 2.83. The van der Waals surface area contributed by atoms with Crippen molar-refractivity contribution in [3.05, 3.63) is 18.2 Å². The standard InChI is InChI=1S/C12H21N3/c1-4-15-8-7-14-11(15)9-10(13-3)12(2)5-6-12/h7-8,10,13H,4-6,9H2,1-3H3. The van der Waals surface area contributed by atoms with Gasteiger partial charge in [-0.1, -0.05) is 6.92 Å². The minimum Gasteiger partial charge on any atom is -0.335 e. The molecule has 0 saturated heterocycles. The molecule has 1 heterocycles. The van der Waals surface area contributed by atoms with E-state index in [2.05, 4.69) is 42.0 Å². The topological polar surface area (TPSA) is 29.9 Å². The van der Waals surface area contributed by atoms with Gasteiger partial charge in [0.25, 0.3) is 0 Å². The van der Waals surface area contributed by atoms with Crippen LogP contribution in [0, 0.1) is 5.41 Å². The van der Waals surface area contributed by atoms with Gasteiger partial charge in [0, 0.05) is 31.4 Å². The molecule has 0 amide bonds. The third kappa shape index (κ3) is 2.07. The second-order valence-corrected chi connectivity index (χ2v) is 4.83. The molecule has 0 bridgehead atoms. The lowest BCUT2D eigenvalue weighted by Crippen LogP contribution is -2.36. The van der Waals surface area contributed by atoms with Crippen LogP contribution in [0.4, 0.5) is 0 Å². The zero-order valence-corrected chi connectivity index (χ0v) is 9.95. The molecule has 0 spiro atoms. The summed E-state index contributed by atoms with van der Waals surface area (Å²) in [6, 6.07) is 0.574. The second-order valence-electron chi connectivity index (χ2n) is 4.83. The summed E-state index contributed by atoms with van der Waals surface area (Å²) in [6.45, 7) is 5.55. The Bertz CT molecular complexity index is 325. The van der Waals surface area contributed by atoms with Crippen molar-refractivity contribution >= 4 is 0 Å². The van der Waals surface area contributed by atoms with Crippen LogP contribution >= 0.6 is 0 Å². The summed E-state index contributed by atoms with van der Waals surface area (Å²) < 4.78 is 2.23. The van der Waals surface area contributed by atoms with E-state index in [0.29, 0.717) is 11.5 Å². The third-order valence-electron chi connectivity index (χ3n) is 3.76. The number of rotatable bonds is 5. The van der Waals surface area contributed by atoms with Gasteiger partial charge in [0.1, 0.15) is 5.82 Å². The molecular formula is C12H21N3. The average Bonchev–Trinajstić information content (AvgIpc) is 2.83. The van der Waals surface area contributed by atoms with E-state index in [0.717, 1.165) is 13.0 Å². The molecule has 0 aromatic carbocycles. The molecule has 84 valence electrons. The number of nitrogens with one attached hydrogen (secondary N) is 1. The molecule has 0 radical (unpaired) electrons. The number of likely N-dealkylation sites (N-methyl/N-ethyl adjacent to an activating group) is 1. The summed E-state index contributed by atoms with van der Waals surface area (Å²) >= 11 is 0. The molecule has 3 nitrogen and oxygen atoms in total. The van der Waals surface area contributed by atoms with Gasteiger partial charge in [-0.05, 0) is 32.2 Å². The number of nitrogens with zero attached hydrogens (tertiary/aromatic N) is 2. The fourth-order valence-electron chi connectivity index (χ4n) is 2.24. The van der Waals surface area contributed by atoms with Crippen molar-refractivity contribution in [2.24, 2.45) is 5.41 Å². The maximum atomic E-state index is 4.44. The summed E-state index contributed by atoms with van der Waals surface area (Å²) in [5.41, 5.74) is 0.513. The highest BCUT2D eigenvalue weighted by atomic mass is 15.1. The predicted molar refractivity (Wildman–Crippen MR) is 61.8 cm³/mol. The molecular weight excluding hydrogens is 186 g/mol. The van der Waals surface area contributed by atoms with Gasteiger partial charge in [-0.25, -0.2) is 4.98 Å². The van der Waals surface area contributed by atoms with Crippen molar-refractivity contribution in [2.75, 3.05) is 7.05 Å². The fraction of sp³-hybridized carbons (Fsp3) is 0.750. The Morgan fingerprint density at radius 1 is 1.60 bits per heavy atom. The number of hydrogen-bond acceptors (Lipinski definition) is 2. The van der Waals surface area contributed by atoms with E-state index >= 15 is 0 Å². The van der Waals surface area contributed by atoms with Gasteiger partial charge in [0.05, 0.1) is 0 Å². The molecule has 3 heteroatoms. The normalized spacial score (nSPS) is 20.2. The Morgan fingerprint density at radius 3 is 2.87 bits per heavy atom. The van der Waals surface area contributed by atoms with Gasteiger partial charge in [-0.3, -0.25) is 0 Å². The summed E-state index contributed by atoms with van der Waals surface area (Å²) in [6.07, 6.45) is 7.72. The Hall–Kier alpha value is -0.830. The van der Waals surface area contributed by atoms with Crippen LogP contribution in [0.15, 0.2) is 12.4 Å². The van der Waals surface area contributed by atoms with Crippen LogP contribution in [0.25, 0.3) is 0 Å². The van der Waals surface area contributed by atoms with Crippen LogP contribution in [0.1, 0.15) is 32.5 Å². The number of imidazole rings is 1. The van der Waals surface area contributed by atoms with E-state index in [-0.39, 0.29) is 0 Å². The fourth-order valence-corrected chi connectivity index (χ4v) is 2.24. The lowest BCUT2D eigenvalue weighted by atomic mass is 9.96. The maximum absolute atomic E-state index is 4.44. The summed E-state index contributed by atoms with van der Waals surface area (Å²) in [5.74, 6) is 1.21. The lowest BCUT2D eigenvalue weighted by Gasteiger charge is -2.22. The van der Waals surface area contributed by atoms with Gasteiger partial charge in [0.2, 0.25) is 0 Å². The largest absolute Gasteiger partial charge is 0.335 e. The van der Waals surface area contributed by atoms with E-state index in [4.69, 9.17) is 0 Å². The smallest absolute Gasteiger partial charge is 0.110 e. The van der Waals surface area contributed by atoms with Gasteiger partial charge >= 0.3 is 0 Å². The van der Waals surface area contributed by atoms with Crippen LogP contribution in [0.3, 0.4) is 0 Å². The molecule has 1 N–H and O–H groups in total. The Balaban J connectivity index is 2.06. The van der Waals surface area contributed by atoms with Crippen molar-refractivity contribution in [1.29, 1.82) is 0 Å². The Labute approximate surface area is 91.9 Å². The molecule has 1 unspecified atom stereocenters. The van der Waals surface area contributed by atoms with Gasteiger partial charge in [0.15, 0.2) is 0 Å². The second kappa shape index (κ2) is 3.97. The maximum Gasteiger partial charge on any atom is 0.110 e. The van der Waals surface area contributed by atoms with E-state index in [1.54, 1.807) is 0 Å². The number of aromatic nitrogens is 2. The molecule has 1 atom stereocenters. The first-order chi connectivity index (χ1) is 7.19. The average molecular weight is 207 g/mol. The Morgan fingerprint density at radius 2 is 2.33 bits per heavy atom. The van der Waals surface area contributed by atoms with Crippen LogP contribution in [-0.2, 0) is 13.0 Å². The van der Waals surface area contributed by atoms with Crippen molar-refractivity contribution in [3.8, 4) is 0 Å². The van der Waals surface area contributed by atoms with E-state index in [9.17, 15) is 0 Å². The molecule has 0 aliphatic heterocycles. The predicted octanol–water partition coefficient (Wildman–Crippen LogP) is 1.83. The first-order valence-electron chi connectivity index (χ1n) is 5.87. The van der Waals surface area contributed by atoms with E-state index in [1.165, 1.54) is 18.7 Å². The van der Waals surface area contributed by atoms with Gasteiger partial charge in [-0.15, -0.1) is 0 Å². The SMILES string of the molecule is CCn1ccnc1CC(NC)C1(C)CC1. The highest BCUT2D eigenvalue weighted by molar-refractivity contribution is 5.04. The monoisotopic (exact) mass is 207 g/mol. The molecule has 1 aliphatic rings. The first-order valence-corrected chi connectivity index (χ1v) is 5.87. The summed E-state index contributed by atoms with van der Waals surface area (Å²) in [4.78, 5) is 4.44. The summed E-state index contributed by atoms with van der Waals surface area (Å²) in [7, 11) is 2.06. The quantitative estimate of drug-likeness (QED) is 0.798. The minimum absolute atomic E-state index is 0.513. The van der Waals surface area contributed by atoms with E-state index in [1.807, 2.05) is 6.20 Å². The first kappa shape index (κ1) is 10.7. The molecule has 1 aromatic heterocycles. The summed E-state index contributed by atoms with van der Waals surface area (Å²) in [5, 5.41) is 3.44.